The molecule has 14 heavy (non-hydrogen) atoms. The van der Waals surface area contributed by atoms with Crippen LogP contribution >= 0.6 is 0 Å². The second-order valence-electron chi connectivity index (χ2n) is 4.07. The molecule has 4 heteroatoms. The highest BCUT2D eigenvalue weighted by molar-refractivity contribution is 5.36. The lowest BCUT2D eigenvalue weighted by Gasteiger charge is -2.28. The van der Waals surface area contributed by atoms with Crippen molar-refractivity contribution in [1.82, 2.24) is 15.3 Å². The van der Waals surface area contributed by atoms with Gasteiger partial charge in [-0.1, -0.05) is 0 Å². The third-order valence-electron chi connectivity index (χ3n) is 2.75. The number of anilines is 1. The Labute approximate surface area is 83.1 Å². The van der Waals surface area contributed by atoms with Crippen LogP contribution in [0, 0.1) is 0 Å². The fourth-order valence-electron chi connectivity index (χ4n) is 1.59. The Hall–Kier alpha value is -1.16. The fraction of sp³-hybridized carbons (Fsp3) is 0.600. The van der Waals surface area contributed by atoms with Gasteiger partial charge in [0, 0.05) is 25.2 Å². The van der Waals surface area contributed by atoms with Crippen LogP contribution in [0.1, 0.15) is 24.6 Å². The zero-order valence-corrected chi connectivity index (χ0v) is 8.03. The smallest absolute Gasteiger partial charge is 0.133 e. The third kappa shape index (κ3) is 1.57. The average Bonchev–Trinajstić information content (AvgIpc) is 2.95. The molecule has 1 aliphatic heterocycles. The summed E-state index contributed by atoms with van der Waals surface area (Å²) in [4.78, 5) is 8.79. The first-order chi connectivity index (χ1) is 6.92. The van der Waals surface area contributed by atoms with Crippen molar-refractivity contribution >= 4 is 5.82 Å². The Kier molecular flexibility index (Phi) is 1.87. The van der Waals surface area contributed by atoms with Gasteiger partial charge < -0.3 is 10.6 Å². The predicted molar refractivity (Wildman–Crippen MR) is 54.3 cm³/mol. The molecule has 0 bridgehead atoms. The standard InChI is InChI=1S/C10H14N4/c1-2-7(1)10-12-4-3-9(14-10)13-8-5-11-6-8/h3-4,7-8,11H,1-2,5-6H2,(H,12,13,14). The van der Waals surface area contributed by atoms with E-state index in [0.717, 1.165) is 24.7 Å². The van der Waals surface area contributed by atoms with Crippen LogP contribution in [0.25, 0.3) is 0 Å². The Morgan fingerprint density at radius 1 is 1.36 bits per heavy atom. The van der Waals surface area contributed by atoms with E-state index in [4.69, 9.17) is 0 Å². The molecule has 0 unspecified atom stereocenters. The zero-order chi connectivity index (χ0) is 9.38. The van der Waals surface area contributed by atoms with Gasteiger partial charge in [-0.2, -0.15) is 0 Å². The molecule has 74 valence electrons. The number of hydrogen-bond donors (Lipinski definition) is 2. The highest BCUT2D eigenvalue weighted by atomic mass is 15.1. The van der Waals surface area contributed by atoms with Gasteiger partial charge >= 0.3 is 0 Å². The molecular weight excluding hydrogens is 176 g/mol. The molecule has 0 amide bonds. The number of nitrogens with zero attached hydrogens (tertiary/aromatic N) is 2. The summed E-state index contributed by atoms with van der Waals surface area (Å²) in [6, 6.07) is 2.50. The number of hydrogen-bond acceptors (Lipinski definition) is 4. The summed E-state index contributed by atoms with van der Waals surface area (Å²) < 4.78 is 0. The highest BCUT2D eigenvalue weighted by Crippen LogP contribution is 2.38. The molecule has 0 aromatic carbocycles. The lowest BCUT2D eigenvalue weighted by Crippen LogP contribution is -2.51. The minimum atomic E-state index is 0.553. The summed E-state index contributed by atoms with van der Waals surface area (Å²) in [5.41, 5.74) is 0. The van der Waals surface area contributed by atoms with Crippen molar-refractivity contribution in [2.24, 2.45) is 0 Å². The third-order valence-corrected chi connectivity index (χ3v) is 2.75. The maximum absolute atomic E-state index is 4.51. The first-order valence-electron chi connectivity index (χ1n) is 5.22. The summed E-state index contributed by atoms with van der Waals surface area (Å²) in [6.45, 7) is 2.09. The summed E-state index contributed by atoms with van der Waals surface area (Å²) in [5.74, 6) is 2.63. The van der Waals surface area contributed by atoms with Crippen molar-refractivity contribution in [2.45, 2.75) is 24.8 Å². The molecule has 1 saturated heterocycles. The first-order valence-corrected chi connectivity index (χ1v) is 5.22. The van der Waals surface area contributed by atoms with Crippen LogP contribution in [0.2, 0.25) is 0 Å². The van der Waals surface area contributed by atoms with Crippen molar-refractivity contribution in [3.05, 3.63) is 18.1 Å². The number of rotatable bonds is 3. The van der Waals surface area contributed by atoms with E-state index in [1.165, 1.54) is 12.8 Å². The van der Waals surface area contributed by atoms with Crippen LogP contribution in [0.15, 0.2) is 12.3 Å². The topological polar surface area (TPSA) is 49.8 Å². The SMILES string of the molecule is c1cc(NC2CNC2)nc(C2CC2)n1. The molecule has 3 rings (SSSR count). The largest absolute Gasteiger partial charge is 0.365 e. The van der Waals surface area contributed by atoms with Gasteiger partial charge in [0.25, 0.3) is 0 Å². The first kappa shape index (κ1) is 8.17. The Morgan fingerprint density at radius 2 is 2.21 bits per heavy atom. The molecule has 4 nitrogen and oxygen atoms in total. The van der Waals surface area contributed by atoms with Gasteiger partial charge in [-0.3, -0.25) is 0 Å². The molecule has 2 fully saturated rings. The van der Waals surface area contributed by atoms with Crippen LogP contribution in [0.3, 0.4) is 0 Å². The summed E-state index contributed by atoms with van der Waals surface area (Å²) in [5, 5.41) is 6.61. The van der Waals surface area contributed by atoms with Crippen molar-refractivity contribution in [1.29, 1.82) is 0 Å². The van der Waals surface area contributed by atoms with E-state index in [2.05, 4.69) is 20.6 Å². The van der Waals surface area contributed by atoms with Gasteiger partial charge in [-0.15, -0.1) is 0 Å². The van der Waals surface area contributed by atoms with Crippen molar-refractivity contribution in [3.63, 3.8) is 0 Å². The van der Waals surface area contributed by atoms with Gasteiger partial charge in [0.15, 0.2) is 0 Å². The second kappa shape index (κ2) is 3.20. The molecule has 1 aliphatic carbocycles. The van der Waals surface area contributed by atoms with Gasteiger partial charge in [0.1, 0.15) is 11.6 Å². The van der Waals surface area contributed by atoms with E-state index < -0.39 is 0 Å². The summed E-state index contributed by atoms with van der Waals surface area (Å²) in [7, 11) is 0. The second-order valence-corrected chi connectivity index (χ2v) is 4.07. The van der Waals surface area contributed by atoms with Crippen LogP contribution in [-0.2, 0) is 0 Å². The van der Waals surface area contributed by atoms with Gasteiger partial charge in [-0.05, 0) is 18.9 Å². The maximum atomic E-state index is 4.51. The summed E-state index contributed by atoms with van der Waals surface area (Å²) >= 11 is 0. The molecule has 0 spiro atoms. The zero-order valence-electron chi connectivity index (χ0n) is 8.03. The van der Waals surface area contributed by atoms with Gasteiger partial charge in [0.2, 0.25) is 0 Å². The molecular formula is C10H14N4. The minimum Gasteiger partial charge on any atom is -0.365 e. The Balaban J connectivity index is 1.72. The lowest BCUT2D eigenvalue weighted by molar-refractivity contribution is 0.471. The molecule has 2 heterocycles. The molecule has 1 saturated carbocycles. The van der Waals surface area contributed by atoms with Crippen molar-refractivity contribution in [3.8, 4) is 0 Å². The molecule has 2 N–H and O–H groups in total. The minimum absolute atomic E-state index is 0.553. The van der Waals surface area contributed by atoms with Crippen LogP contribution in [0.5, 0.6) is 0 Å². The maximum Gasteiger partial charge on any atom is 0.133 e. The molecule has 1 aromatic heterocycles. The molecule has 1 aromatic rings. The van der Waals surface area contributed by atoms with Gasteiger partial charge in [0.05, 0.1) is 6.04 Å². The number of aromatic nitrogens is 2. The number of nitrogens with one attached hydrogen (secondary N) is 2. The van der Waals surface area contributed by atoms with E-state index >= 15 is 0 Å². The quantitative estimate of drug-likeness (QED) is 0.738. The Bertz CT molecular complexity index is 331. The van der Waals surface area contributed by atoms with E-state index in [-0.39, 0.29) is 0 Å². The van der Waals surface area contributed by atoms with Gasteiger partial charge in [-0.25, -0.2) is 9.97 Å². The fourth-order valence-corrected chi connectivity index (χ4v) is 1.59. The van der Waals surface area contributed by atoms with E-state index in [0.29, 0.717) is 12.0 Å². The van der Waals surface area contributed by atoms with E-state index in [1.807, 2.05) is 12.3 Å². The van der Waals surface area contributed by atoms with Crippen molar-refractivity contribution in [2.75, 3.05) is 18.4 Å². The van der Waals surface area contributed by atoms with Crippen LogP contribution in [-0.4, -0.2) is 29.1 Å². The summed E-state index contributed by atoms with van der Waals surface area (Å²) in [6.07, 6.45) is 4.37. The monoisotopic (exact) mass is 190 g/mol. The lowest BCUT2D eigenvalue weighted by atomic mass is 10.2. The van der Waals surface area contributed by atoms with E-state index in [9.17, 15) is 0 Å². The van der Waals surface area contributed by atoms with Crippen LogP contribution < -0.4 is 10.6 Å². The molecule has 2 aliphatic rings. The highest BCUT2D eigenvalue weighted by Gasteiger charge is 2.26. The van der Waals surface area contributed by atoms with Crippen LogP contribution in [0.4, 0.5) is 5.82 Å². The normalized spacial score (nSPS) is 21.7. The Morgan fingerprint density at radius 3 is 2.86 bits per heavy atom. The average molecular weight is 190 g/mol. The van der Waals surface area contributed by atoms with Crippen molar-refractivity contribution < 1.29 is 0 Å². The predicted octanol–water partition coefficient (Wildman–Crippen LogP) is 0.738. The molecule has 0 radical (unpaired) electrons. The molecule has 0 atom stereocenters. The van der Waals surface area contributed by atoms with E-state index in [1.54, 1.807) is 0 Å².